The Balaban J connectivity index is 1.50. The van der Waals surface area contributed by atoms with Gasteiger partial charge in [-0.1, -0.05) is 0 Å². The van der Waals surface area contributed by atoms with E-state index in [9.17, 15) is 0 Å². The maximum Gasteiger partial charge on any atom is 0.0715 e. The molecule has 0 aromatic rings. The van der Waals surface area contributed by atoms with Gasteiger partial charge in [0, 0.05) is 12.1 Å². The van der Waals surface area contributed by atoms with Crippen molar-refractivity contribution in [3.05, 3.63) is 0 Å². The van der Waals surface area contributed by atoms with Crippen LogP contribution in [0.15, 0.2) is 0 Å². The third-order valence-corrected chi connectivity index (χ3v) is 4.93. The molecular formula is C13H21NO. The first-order valence-electron chi connectivity index (χ1n) is 6.71. The van der Waals surface area contributed by atoms with Gasteiger partial charge in [0.05, 0.1) is 12.2 Å². The second-order valence-corrected chi connectivity index (χ2v) is 6.45. The lowest BCUT2D eigenvalue weighted by molar-refractivity contribution is -0.146. The number of hydrogen-bond donors (Lipinski definition) is 1. The van der Waals surface area contributed by atoms with E-state index < -0.39 is 0 Å². The van der Waals surface area contributed by atoms with Gasteiger partial charge in [-0.05, 0) is 56.8 Å². The quantitative estimate of drug-likeness (QED) is 0.765. The molecule has 15 heavy (non-hydrogen) atoms. The molecule has 3 aliphatic carbocycles. The Bertz CT molecular complexity index is 236. The van der Waals surface area contributed by atoms with E-state index in [4.69, 9.17) is 4.74 Å². The minimum absolute atomic E-state index is 0.310. The van der Waals surface area contributed by atoms with Crippen LogP contribution in [0.25, 0.3) is 0 Å². The molecular weight excluding hydrogens is 186 g/mol. The third-order valence-electron chi connectivity index (χ3n) is 4.93. The zero-order chi connectivity index (χ0) is 9.88. The summed E-state index contributed by atoms with van der Waals surface area (Å²) in [4.78, 5) is 0. The molecule has 3 saturated carbocycles. The molecule has 84 valence electrons. The molecule has 2 nitrogen and oxygen atoms in total. The molecule has 0 radical (unpaired) electrons. The van der Waals surface area contributed by atoms with Gasteiger partial charge in [-0.2, -0.15) is 0 Å². The molecule has 1 N–H and O–H groups in total. The molecule has 2 aliphatic heterocycles. The first-order chi connectivity index (χ1) is 7.31. The van der Waals surface area contributed by atoms with Crippen LogP contribution < -0.4 is 5.32 Å². The van der Waals surface area contributed by atoms with Gasteiger partial charge in [0.1, 0.15) is 0 Å². The maximum atomic E-state index is 6.33. The SMILES string of the molecule is C1CC1COC12CC3CC(C1)NC(C3)C2. The highest BCUT2D eigenvalue weighted by Crippen LogP contribution is 2.49. The summed E-state index contributed by atoms with van der Waals surface area (Å²) in [6.07, 6.45) is 9.65. The molecule has 0 aromatic carbocycles. The highest BCUT2D eigenvalue weighted by atomic mass is 16.5. The number of ether oxygens (including phenoxy) is 1. The normalized spacial score (nSPS) is 52.4. The molecule has 5 rings (SSSR count). The van der Waals surface area contributed by atoms with Crippen molar-refractivity contribution in [1.29, 1.82) is 0 Å². The molecule has 0 aromatic heterocycles. The lowest BCUT2D eigenvalue weighted by Gasteiger charge is -2.56. The molecule has 4 bridgehead atoms. The van der Waals surface area contributed by atoms with Crippen molar-refractivity contribution in [2.75, 3.05) is 6.61 Å². The van der Waals surface area contributed by atoms with Crippen molar-refractivity contribution in [2.24, 2.45) is 11.8 Å². The largest absolute Gasteiger partial charge is 0.375 e. The van der Waals surface area contributed by atoms with Crippen molar-refractivity contribution in [3.63, 3.8) is 0 Å². The fourth-order valence-corrected chi connectivity index (χ4v) is 4.25. The van der Waals surface area contributed by atoms with E-state index in [2.05, 4.69) is 5.32 Å². The van der Waals surface area contributed by atoms with Gasteiger partial charge in [-0.15, -0.1) is 0 Å². The first kappa shape index (κ1) is 9.00. The van der Waals surface area contributed by atoms with E-state index in [0.717, 1.165) is 30.5 Å². The smallest absolute Gasteiger partial charge is 0.0715 e. The van der Waals surface area contributed by atoms with Crippen LogP contribution in [-0.2, 0) is 4.74 Å². The molecule has 0 spiro atoms. The van der Waals surface area contributed by atoms with Crippen LogP contribution in [0, 0.1) is 11.8 Å². The van der Waals surface area contributed by atoms with E-state index in [-0.39, 0.29) is 0 Å². The lowest BCUT2D eigenvalue weighted by atomic mass is 9.62. The Hall–Kier alpha value is -0.0800. The standard InChI is InChI=1S/C13H21NO/c1-2-9(1)8-15-13-5-10-3-11(6-13)14-12(4-10)7-13/h9-12,14H,1-8H2. The fraction of sp³-hybridized carbons (Fsp3) is 1.00. The summed E-state index contributed by atoms with van der Waals surface area (Å²) in [7, 11) is 0. The van der Waals surface area contributed by atoms with E-state index in [1.54, 1.807) is 0 Å². The number of rotatable bonds is 3. The Labute approximate surface area is 91.8 Å². The Morgan fingerprint density at radius 2 is 1.80 bits per heavy atom. The monoisotopic (exact) mass is 207 g/mol. The Kier molecular flexibility index (Phi) is 1.79. The van der Waals surface area contributed by atoms with Crippen molar-refractivity contribution < 1.29 is 4.74 Å². The van der Waals surface area contributed by atoms with Gasteiger partial charge >= 0.3 is 0 Å². The minimum atomic E-state index is 0.310. The molecule has 2 unspecified atom stereocenters. The van der Waals surface area contributed by atoms with E-state index in [1.807, 2.05) is 0 Å². The zero-order valence-electron chi connectivity index (χ0n) is 9.37. The van der Waals surface area contributed by atoms with Crippen LogP contribution >= 0.6 is 0 Å². The zero-order valence-corrected chi connectivity index (χ0v) is 9.37. The van der Waals surface area contributed by atoms with Crippen molar-refractivity contribution >= 4 is 0 Å². The van der Waals surface area contributed by atoms with Gasteiger partial charge in [-0.3, -0.25) is 0 Å². The molecule has 5 fully saturated rings. The summed E-state index contributed by atoms with van der Waals surface area (Å²) in [6, 6.07) is 1.57. The van der Waals surface area contributed by atoms with Crippen LogP contribution in [0.5, 0.6) is 0 Å². The summed E-state index contributed by atoms with van der Waals surface area (Å²) in [5, 5.41) is 3.76. The second-order valence-electron chi connectivity index (χ2n) is 6.45. The van der Waals surface area contributed by atoms with Crippen LogP contribution in [-0.4, -0.2) is 24.3 Å². The Morgan fingerprint density at radius 3 is 2.40 bits per heavy atom. The fourth-order valence-electron chi connectivity index (χ4n) is 4.25. The first-order valence-corrected chi connectivity index (χ1v) is 6.71. The van der Waals surface area contributed by atoms with Gasteiger partial charge in [0.2, 0.25) is 0 Å². The summed E-state index contributed by atoms with van der Waals surface area (Å²) in [5.74, 6) is 1.90. The molecule has 2 atom stereocenters. The molecule has 2 heterocycles. The van der Waals surface area contributed by atoms with Gasteiger partial charge in [-0.25, -0.2) is 0 Å². The van der Waals surface area contributed by atoms with Crippen LogP contribution in [0.4, 0.5) is 0 Å². The second kappa shape index (κ2) is 2.98. The lowest BCUT2D eigenvalue weighted by Crippen LogP contribution is -2.63. The number of nitrogens with one attached hydrogen (secondary N) is 1. The molecule has 5 aliphatic rings. The Morgan fingerprint density at radius 1 is 1.07 bits per heavy atom. The van der Waals surface area contributed by atoms with Crippen LogP contribution in [0.2, 0.25) is 0 Å². The van der Waals surface area contributed by atoms with E-state index in [1.165, 1.54) is 44.9 Å². The van der Waals surface area contributed by atoms with Gasteiger partial charge < -0.3 is 10.1 Å². The van der Waals surface area contributed by atoms with E-state index in [0.29, 0.717) is 5.60 Å². The highest BCUT2D eigenvalue weighted by Gasteiger charge is 2.51. The summed E-state index contributed by atoms with van der Waals surface area (Å²) in [5.41, 5.74) is 0.310. The summed E-state index contributed by atoms with van der Waals surface area (Å²) in [6.45, 7) is 1.06. The predicted molar refractivity (Wildman–Crippen MR) is 58.7 cm³/mol. The number of piperidine rings is 2. The van der Waals surface area contributed by atoms with Crippen molar-refractivity contribution in [3.8, 4) is 0 Å². The minimum Gasteiger partial charge on any atom is -0.375 e. The summed E-state index contributed by atoms with van der Waals surface area (Å²) < 4.78 is 6.33. The third kappa shape index (κ3) is 1.53. The van der Waals surface area contributed by atoms with Crippen molar-refractivity contribution in [1.82, 2.24) is 5.32 Å². The summed E-state index contributed by atoms with van der Waals surface area (Å²) >= 11 is 0. The van der Waals surface area contributed by atoms with Crippen LogP contribution in [0.1, 0.15) is 44.9 Å². The maximum absolute atomic E-state index is 6.33. The van der Waals surface area contributed by atoms with Gasteiger partial charge in [0.25, 0.3) is 0 Å². The molecule has 2 saturated heterocycles. The highest BCUT2D eigenvalue weighted by molar-refractivity contribution is 5.07. The predicted octanol–water partition coefficient (Wildman–Crippen LogP) is 2.09. The topological polar surface area (TPSA) is 21.3 Å². The molecule has 2 heteroatoms. The van der Waals surface area contributed by atoms with Crippen molar-refractivity contribution in [2.45, 2.75) is 62.6 Å². The average molecular weight is 207 g/mol. The molecule has 0 amide bonds. The van der Waals surface area contributed by atoms with Crippen LogP contribution in [0.3, 0.4) is 0 Å². The van der Waals surface area contributed by atoms with Gasteiger partial charge in [0.15, 0.2) is 0 Å². The number of hydrogen-bond acceptors (Lipinski definition) is 2. The van der Waals surface area contributed by atoms with E-state index >= 15 is 0 Å². The average Bonchev–Trinajstić information content (AvgIpc) is 2.95.